The number of halogens is 2. The van der Waals surface area contributed by atoms with Crippen LogP contribution in [0.2, 0.25) is 5.02 Å². The summed E-state index contributed by atoms with van der Waals surface area (Å²) in [6, 6.07) is 7.42. The van der Waals surface area contributed by atoms with Crippen molar-refractivity contribution in [1.82, 2.24) is 4.98 Å². The van der Waals surface area contributed by atoms with Crippen LogP contribution in [-0.2, 0) is 21.7 Å². The van der Waals surface area contributed by atoms with Crippen LogP contribution in [0.5, 0.6) is 5.75 Å². The zero-order valence-corrected chi connectivity index (χ0v) is 15.4. The summed E-state index contributed by atoms with van der Waals surface area (Å²) in [6.07, 6.45) is 0. The Kier molecular flexibility index (Phi) is 4.55. The molecule has 1 aliphatic rings. The van der Waals surface area contributed by atoms with Gasteiger partial charge in [0, 0.05) is 16.1 Å². The highest BCUT2D eigenvalue weighted by Crippen LogP contribution is 2.48. The molecule has 0 amide bonds. The molecule has 1 aromatic heterocycles. The lowest BCUT2D eigenvalue weighted by Crippen LogP contribution is -2.23. The number of carboxylic acid groups (broad SMARTS) is 1. The predicted octanol–water partition coefficient (Wildman–Crippen LogP) is 4.06. The highest BCUT2D eigenvalue weighted by molar-refractivity contribution is 9.10. The summed E-state index contributed by atoms with van der Waals surface area (Å²) in [5, 5.41) is 9.52. The van der Waals surface area contributed by atoms with Gasteiger partial charge < -0.3 is 14.6 Å². The first kappa shape index (κ1) is 17.2. The molecule has 1 aromatic carbocycles. The van der Waals surface area contributed by atoms with Crippen LogP contribution in [0.3, 0.4) is 0 Å². The van der Waals surface area contributed by atoms with Crippen molar-refractivity contribution in [2.24, 2.45) is 0 Å². The SMILES string of the molecule is Cc1nc(Br)c2c(c1OCC(=O)O)COC2(C)c1ccc(Cl)cc1. The van der Waals surface area contributed by atoms with Crippen molar-refractivity contribution in [3.05, 3.63) is 56.3 Å². The normalized spacial score (nSPS) is 19.2. The van der Waals surface area contributed by atoms with E-state index in [0.29, 0.717) is 27.7 Å². The topological polar surface area (TPSA) is 68.7 Å². The lowest BCUT2D eigenvalue weighted by Gasteiger charge is -2.26. The molecule has 0 saturated carbocycles. The van der Waals surface area contributed by atoms with Gasteiger partial charge in [-0.15, -0.1) is 0 Å². The summed E-state index contributed by atoms with van der Waals surface area (Å²) in [5.41, 5.74) is 2.48. The Morgan fingerprint density at radius 3 is 2.75 bits per heavy atom. The molecular weight excluding hydrogens is 398 g/mol. The highest BCUT2D eigenvalue weighted by atomic mass is 79.9. The Morgan fingerprint density at radius 1 is 1.46 bits per heavy atom. The fourth-order valence-corrected chi connectivity index (χ4v) is 3.95. The Hall–Kier alpha value is -1.63. The second-order valence-electron chi connectivity index (χ2n) is 5.68. The predicted molar refractivity (Wildman–Crippen MR) is 92.5 cm³/mol. The largest absolute Gasteiger partial charge is 0.480 e. The Morgan fingerprint density at radius 2 is 2.12 bits per heavy atom. The average Bonchev–Trinajstić information content (AvgIpc) is 2.86. The number of hydrogen-bond donors (Lipinski definition) is 1. The maximum Gasteiger partial charge on any atom is 0.341 e. The zero-order chi connectivity index (χ0) is 17.5. The van der Waals surface area contributed by atoms with Gasteiger partial charge in [0.1, 0.15) is 16.0 Å². The molecule has 0 bridgehead atoms. The van der Waals surface area contributed by atoms with Crippen molar-refractivity contribution in [2.75, 3.05) is 6.61 Å². The van der Waals surface area contributed by atoms with Crippen LogP contribution >= 0.6 is 27.5 Å². The van der Waals surface area contributed by atoms with Gasteiger partial charge in [-0.1, -0.05) is 23.7 Å². The fourth-order valence-electron chi connectivity index (χ4n) is 2.94. The van der Waals surface area contributed by atoms with Crippen molar-refractivity contribution in [2.45, 2.75) is 26.1 Å². The summed E-state index contributed by atoms with van der Waals surface area (Å²) in [5.74, 6) is -0.571. The zero-order valence-electron chi connectivity index (χ0n) is 13.1. The fraction of sp³-hybridized carbons (Fsp3) is 0.294. The first-order valence-corrected chi connectivity index (χ1v) is 8.44. The van der Waals surface area contributed by atoms with E-state index in [1.165, 1.54) is 0 Å². The van der Waals surface area contributed by atoms with Gasteiger partial charge >= 0.3 is 5.97 Å². The molecule has 0 spiro atoms. The van der Waals surface area contributed by atoms with E-state index in [-0.39, 0.29) is 0 Å². The van der Waals surface area contributed by atoms with Crippen LogP contribution in [0.15, 0.2) is 28.9 Å². The second kappa shape index (κ2) is 6.35. The molecule has 126 valence electrons. The van der Waals surface area contributed by atoms with Gasteiger partial charge in [0.05, 0.1) is 12.3 Å². The molecule has 5 nitrogen and oxygen atoms in total. The number of hydrogen-bond acceptors (Lipinski definition) is 4. The number of rotatable bonds is 4. The third-order valence-electron chi connectivity index (χ3n) is 4.09. The van der Waals surface area contributed by atoms with Crippen LogP contribution in [0.4, 0.5) is 0 Å². The smallest absolute Gasteiger partial charge is 0.341 e. The van der Waals surface area contributed by atoms with Gasteiger partial charge in [0.2, 0.25) is 0 Å². The van der Waals surface area contributed by atoms with Crippen molar-refractivity contribution in [3.63, 3.8) is 0 Å². The molecule has 2 aromatic rings. The van der Waals surface area contributed by atoms with Gasteiger partial charge in [0.25, 0.3) is 0 Å². The first-order valence-electron chi connectivity index (χ1n) is 7.27. The van der Waals surface area contributed by atoms with E-state index in [1.54, 1.807) is 19.1 Å². The molecule has 24 heavy (non-hydrogen) atoms. The van der Waals surface area contributed by atoms with E-state index in [9.17, 15) is 4.79 Å². The number of aliphatic carboxylic acids is 1. The van der Waals surface area contributed by atoms with Gasteiger partial charge in [-0.25, -0.2) is 9.78 Å². The molecular formula is C17H15BrClNO4. The number of carboxylic acids is 1. The van der Waals surface area contributed by atoms with Crippen molar-refractivity contribution < 1.29 is 19.4 Å². The minimum Gasteiger partial charge on any atom is -0.480 e. The minimum absolute atomic E-state index is 0.311. The van der Waals surface area contributed by atoms with Crippen LogP contribution in [-0.4, -0.2) is 22.7 Å². The van der Waals surface area contributed by atoms with Crippen LogP contribution in [0.1, 0.15) is 29.3 Å². The molecule has 7 heteroatoms. The summed E-state index contributed by atoms with van der Waals surface area (Å²) < 4.78 is 12.2. The van der Waals surface area contributed by atoms with E-state index in [1.807, 2.05) is 19.1 Å². The van der Waals surface area contributed by atoms with Crippen molar-refractivity contribution >= 4 is 33.5 Å². The van der Waals surface area contributed by atoms with E-state index >= 15 is 0 Å². The van der Waals surface area contributed by atoms with Crippen LogP contribution in [0.25, 0.3) is 0 Å². The molecule has 0 aliphatic carbocycles. The molecule has 3 rings (SSSR count). The number of aryl methyl sites for hydroxylation is 1. The maximum absolute atomic E-state index is 10.8. The quantitative estimate of drug-likeness (QED) is 0.767. The molecule has 1 aliphatic heterocycles. The van der Waals surface area contributed by atoms with Crippen LogP contribution in [0, 0.1) is 6.92 Å². The molecule has 2 heterocycles. The number of benzene rings is 1. The third kappa shape index (κ3) is 2.90. The summed E-state index contributed by atoms with van der Waals surface area (Å²) in [7, 11) is 0. The Labute approximate surface area is 152 Å². The number of carbonyl (C=O) groups is 1. The van der Waals surface area contributed by atoms with Gasteiger partial charge in [-0.05, 0) is 47.5 Å². The van der Waals surface area contributed by atoms with E-state index in [2.05, 4.69) is 20.9 Å². The number of ether oxygens (including phenoxy) is 2. The Balaban J connectivity index is 2.12. The Bertz CT molecular complexity index is 809. The summed E-state index contributed by atoms with van der Waals surface area (Å²) in [4.78, 5) is 15.3. The molecule has 0 saturated heterocycles. The molecule has 1 atom stereocenters. The van der Waals surface area contributed by atoms with Gasteiger partial charge in [0.15, 0.2) is 6.61 Å². The number of aromatic nitrogens is 1. The lowest BCUT2D eigenvalue weighted by atomic mass is 9.88. The first-order chi connectivity index (χ1) is 11.3. The summed E-state index contributed by atoms with van der Waals surface area (Å²) >= 11 is 9.48. The van der Waals surface area contributed by atoms with E-state index < -0.39 is 18.2 Å². The number of fused-ring (bicyclic) bond motifs is 1. The second-order valence-corrected chi connectivity index (χ2v) is 6.87. The minimum atomic E-state index is -1.04. The number of pyridine rings is 1. The van der Waals surface area contributed by atoms with Gasteiger partial charge in [-0.3, -0.25) is 0 Å². The third-order valence-corrected chi connectivity index (χ3v) is 4.92. The van der Waals surface area contributed by atoms with Crippen LogP contribution < -0.4 is 4.74 Å². The lowest BCUT2D eigenvalue weighted by molar-refractivity contribution is -0.139. The molecule has 0 fully saturated rings. The average molecular weight is 413 g/mol. The van der Waals surface area contributed by atoms with Crippen molar-refractivity contribution in [3.8, 4) is 5.75 Å². The molecule has 0 radical (unpaired) electrons. The molecule has 1 unspecified atom stereocenters. The summed E-state index contributed by atoms with van der Waals surface area (Å²) in [6.45, 7) is 3.62. The van der Waals surface area contributed by atoms with E-state index in [0.717, 1.165) is 16.7 Å². The standard InChI is InChI=1S/C17H15BrClNO4/c1-9-15(23-8-13(21)22)12-7-24-17(2,14(12)16(18)20-9)10-3-5-11(19)6-4-10/h3-6H,7-8H2,1-2H3,(H,21,22). The molecule has 1 N–H and O–H groups in total. The maximum atomic E-state index is 10.8. The van der Waals surface area contributed by atoms with E-state index in [4.69, 9.17) is 26.2 Å². The van der Waals surface area contributed by atoms with Gasteiger partial charge in [-0.2, -0.15) is 0 Å². The monoisotopic (exact) mass is 411 g/mol. The number of nitrogens with zero attached hydrogens (tertiary/aromatic N) is 1. The van der Waals surface area contributed by atoms with Crippen molar-refractivity contribution in [1.29, 1.82) is 0 Å². The highest BCUT2D eigenvalue weighted by Gasteiger charge is 2.42.